The first-order valence-corrected chi connectivity index (χ1v) is 9.66. The van der Waals surface area contributed by atoms with Crippen molar-refractivity contribution in [2.75, 3.05) is 35.3 Å². The number of rotatable bonds is 5. The number of aliphatic imine (C=N–C) groups is 1. The van der Waals surface area contributed by atoms with E-state index in [1.54, 1.807) is 28.2 Å². The first-order valence-electron chi connectivity index (χ1n) is 8.84. The lowest BCUT2D eigenvalue weighted by Gasteiger charge is -1.97. The molecular formula is C19H23N5O8S. The molecule has 0 spiro atoms. The summed E-state index contributed by atoms with van der Waals surface area (Å²) < 4.78 is 4.41. The maximum absolute atomic E-state index is 11.9. The molecular weight excluding hydrogens is 458 g/mol. The second-order valence-electron chi connectivity index (χ2n) is 6.25. The minimum absolute atomic E-state index is 0.00788. The summed E-state index contributed by atoms with van der Waals surface area (Å²) in [5, 5.41) is 12.9. The van der Waals surface area contributed by atoms with Gasteiger partial charge in [0.25, 0.3) is 17.5 Å². The van der Waals surface area contributed by atoms with Gasteiger partial charge in [0.1, 0.15) is 0 Å². The number of methoxy groups -OCH3 is 1. The molecule has 1 aromatic carbocycles. The number of esters is 1. The predicted octanol–water partition coefficient (Wildman–Crippen LogP) is 0.420. The lowest BCUT2D eigenvalue weighted by molar-refractivity contribution is -0.384. The fourth-order valence-corrected chi connectivity index (χ4v) is 2.31. The molecule has 1 saturated heterocycles. The van der Waals surface area contributed by atoms with Crippen LogP contribution < -0.4 is 5.32 Å². The van der Waals surface area contributed by atoms with E-state index in [1.807, 2.05) is 0 Å². The third-order valence-corrected chi connectivity index (χ3v) is 3.96. The van der Waals surface area contributed by atoms with E-state index in [1.165, 1.54) is 41.2 Å². The lowest BCUT2D eigenvalue weighted by Crippen LogP contribution is -2.21. The summed E-state index contributed by atoms with van der Waals surface area (Å²) in [7, 11) is 7.92. The lowest BCUT2D eigenvalue weighted by atomic mass is 10.2. The van der Waals surface area contributed by atoms with Crippen molar-refractivity contribution in [3.63, 3.8) is 0 Å². The Morgan fingerprint density at radius 2 is 1.58 bits per heavy atom. The highest BCUT2D eigenvalue weighted by atomic mass is 32.2. The monoisotopic (exact) mass is 481 g/mol. The van der Waals surface area contributed by atoms with Gasteiger partial charge in [0.2, 0.25) is 12.8 Å². The van der Waals surface area contributed by atoms with Crippen LogP contribution in [0.25, 0.3) is 0 Å². The van der Waals surface area contributed by atoms with Crippen molar-refractivity contribution in [1.82, 2.24) is 15.1 Å². The van der Waals surface area contributed by atoms with Gasteiger partial charge in [0.05, 0.1) is 16.9 Å². The number of nitro benzene ring substituents is 1. The summed E-state index contributed by atoms with van der Waals surface area (Å²) in [5.41, 5.74) is -0.0237. The number of hydrogen-bond donors (Lipinski definition) is 1. The summed E-state index contributed by atoms with van der Waals surface area (Å²) in [6.45, 7) is 0. The second-order valence-corrected chi connectivity index (χ2v) is 7.28. The van der Waals surface area contributed by atoms with Crippen LogP contribution in [-0.2, 0) is 23.9 Å². The van der Waals surface area contributed by atoms with Crippen LogP contribution >= 0.6 is 11.8 Å². The highest BCUT2D eigenvalue weighted by Crippen LogP contribution is 2.24. The van der Waals surface area contributed by atoms with E-state index >= 15 is 0 Å². The zero-order chi connectivity index (χ0) is 25.6. The number of hydrogen-bond acceptors (Lipinski definition) is 9. The Morgan fingerprint density at radius 3 is 1.97 bits per heavy atom. The number of carbonyl (C=O) groups is 5. The van der Waals surface area contributed by atoms with Crippen molar-refractivity contribution in [3.8, 4) is 0 Å². The highest BCUT2D eigenvalue weighted by Gasteiger charge is 2.26. The Hall–Kier alpha value is -4.07. The zero-order valence-corrected chi connectivity index (χ0v) is 19.3. The molecule has 0 unspecified atom stereocenters. The molecule has 2 rings (SSSR count). The summed E-state index contributed by atoms with van der Waals surface area (Å²) in [6.07, 6.45) is 2.48. The maximum Gasteiger partial charge on any atom is 0.331 e. The molecule has 14 heteroatoms. The van der Waals surface area contributed by atoms with Crippen LogP contribution in [-0.4, -0.2) is 85.8 Å². The normalized spacial score (nSPS) is 14.0. The van der Waals surface area contributed by atoms with Crippen molar-refractivity contribution < 1.29 is 33.6 Å². The number of non-ortho nitro benzene ring substituents is 1. The number of nitrogens with zero attached hydrogens (tertiary/aromatic N) is 4. The van der Waals surface area contributed by atoms with Gasteiger partial charge in [-0.05, 0) is 23.9 Å². The number of amidine groups is 1. The molecule has 1 fully saturated rings. The number of carbonyl (C=O) groups excluding carboxylic acids is 5. The summed E-state index contributed by atoms with van der Waals surface area (Å²) in [5.74, 6) is -1.96. The number of nitrogens with one attached hydrogen (secondary N) is 1. The molecule has 0 aliphatic carbocycles. The van der Waals surface area contributed by atoms with Gasteiger partial charge in [-0.1, -0.05) is 0 Å². The number of benzene rings is 1. The molecule has 1 heterocycles. The molecule has 0 saturated carbocycles. The van der Waals surface area contributed by atoms with Crippen LogP contribution in [0.2, 0.25) is 0 Å². The van der Waals surface area contributed by atoms with Gasteiger partial charge in [-0.25, -0.2) is 4.79 Å². The molecule has 0 radical (unpaired) electrons. The van der Waals surface area contributed by atoms with E-state index in [4.69, 9.17) is 0 Å². The maximum atomic E-state index is 11.9. The fourth-order valence-electron chi connectivity index (χ4n) is 1.53. The van der Waals surface area contributed by atoms with Gasteiger partial charge in [0.15, 0.2) is 5.17 Å². The highest BCUT2D eigenvalue weighted by molar-refractivity contribution is 8.18. The summed E-state index contributed by atoms with van der Waals surface area (Å²) >= 11 is 0.814. The van der Waals surface area contributed by atoms with E-state index in [0.717, 1.165) is 30.7 Å². The van der Waals surface area contributed by atoms with E-state index in [0.29, 0.717) is 0 Å². The molecule has 1 aromatic rings. The van der Waals surface area contributed by atoms with Gasteiger partial charge in [-0.3, -0.25) is 29.3 Å². The average molecular weight is 481 g/mol. The second kappa shape index (κ2) is 14.9. The molecule has 4 amide bonds. The molecule has 1 N–H and O–H groups in total. The van der Waals surface area contributed by atoms with E-state index in [-0.39, 0.29) is 21.3 Å². The SMILES string of the molecule is CN(C)C=O.CN(C)C=O.COC(=O)/C=C1/SC(=NC(=O)c2ccc([N+](=O)[O-])cc2)NC1=O. The zero-order valence-electron chi connectivity index (χ0n) is 18.5. The smallest absolute Gasteiger partial charge is 0.331 e. The van der Waals surface area contributed by atoms with Gasteiger partial charge >= 0.3 is 5.97 Å². The van der Waals surface area contributed by atoms with Gasteiger partial charge in [-0.15, -0.1) is 0 Å². The van der Waals surface area contributed by atoms with E-state index in [9.17, 15) is 34.1 Å². The van der Waals surface area contributed by atoms with E-state index < -0.39 is 22.7 Å². The minimum Gasteiger partial charge on any atom is -0.466 e. The van der Waals surface area contributed by atoms with Crippen molar-refractivity contribution in [1.29, 1.82) is 0 Å². The van der Waals surface area contributed by atoms with Crippen LogP contribution in [0.3, 0.4) is 0 Å². The van der Waals surface area contributed by atoms with Crippen molar-refractivity contribution in [2.24, 2.45) is 4.99 Å². The number of thioether (sulfide) groups is 1. The topological polar surface area (TPSA) is 169 Å². The summed E-state index contributed by atoms with van der Waals surface area (Å²) in [4.78, 5) is 70.1. The summed E-state index contributed by atoms with van der Waals surface area (Å²) in [6, 6.07) is 4.88. The van der Waals surface area contributed by atoms with Crippen molar-refractivity contribution in [2.45, 2.75) is 0 Å². The van der Waals surface area contributed by atoms with Crippen LogP contribution in [0.5, 0.6) is 0 Å². The Kier molecular flexibility index (Phi) is 13.0. The first kappa shape index (κ1) is 28.9. The van der Waals surface area contributed by atoms with E-state index in [2.05, 4.69) is 15.0 Å². The number of ether oxygens (including phenoxy) is 1. The Bertz CT molecular complexity index is 930. The third kappa shape index (κ3) is 11.8. The molecule has 1 aliphatic rings. The number of amides is 4. The molecule has 1 aliphatic heterocycles. The molecule has 33 heavy (non-hydrogen) atoms. The van der Waals surface area contributed by atoms with Crippen molar-refractivity contribution in [3.05, 3.63) is 50.9 Å². The van der Waals surface area contributed by atoms with Crippen LogP contribution in [0.1, 0.15) is 10.4 Å². The van der Waals surface area contributed by atoms with Crippen LogP contribution in [0, 0.1) is 10.1 Å². The Morgan fingerprint density at radius 1 is 1.09 bits per heavy atom. The molecule has 0 atom stereocenters. The Labute approximate surface area is 193 Å². The van der Waals surface area contributed by atoms with Gasteiger partial charge in [0, 0.05) is 52.0 Å². The van der Waals surface area contributed by atoms with Crippen LogP contribution in [0.15, 0.2) is 40.2 Å². The average Bonchev–Trinajstić information content (AvgIpc) is 3.12. The quantitative estimate of drug-likeness (QED) is 0.206. The molecule has 178 valence electrons. The fraction of sp³-hybridized carbons (Fsp3) is 0.263. The molecule has 0 aromatic heterocycles. The molecule has 0 bridgehead atoms. The predicted molar refractivity (Wildman–Crippen MR) is 120 cm³/mol. The molecule has 13 nitrogen and oxygen atoms in total. The minimum atomic E-state index is -0.703. The van der Waals surface area contributed by atoms with Crippen LogP contribution in [0.4, 0.5) is 5.69 Å². The largest absolute Gasteiger partial charge is 0.466 e. The van der Waals surface area contributed by atoms with Gasteiger partial charge < -0.3 is 19.9 Å². The number of nitro groups is 1. The van der Waals surface area contributed by atoms with Crippen molar-refractivity contribution >= 4 is 53.2 Å². The standard InChI is InChI=1S/C13H9N3O6S.2C3H7NO/c1-22-10(17)6-9-12(19)15-13(23-9)14-11(18)7-2-4-8(5-3-7)16(20)21;2*1-4(2)3-5/h2-6H,1H3,(H,14,15,18,19);2*3H,1-2H3/b9-6+;;. The third-order valence-electron chi connectivity index (χ3n) is 3.05. The Balaban J connectivity index is 0.000000859. The van der Waals surface area contributed by atoms with Gasteiger partial charge in [-0.2, -0.15) is 4.99 Å². The first-order chi connectivity index (χ1) is 15.4.